The van der Waals surface area contributed by atoms with E-state index in [4.69, 9.17) is 4.98 Å². The van der Waals surface area contributed by atoms with Gasteiger partial charge in [0.2, 0.25) is 0 Å². The van der Waals surface area contributed by atoms with E-state index in [-0.39, 0.29) is 6.04 Å². The third-order valence-corrected chi connectivity index (χ3v) is 6.40. The summed E-state index contributed by atoms with van der Waals surface area (Å²) in [7, 11) is 0. The van der Waals surface area contributed by atoms with E-state index in [2.05, 4.69) is 47.1 Å². The maximum atomic E-state index is 11.3. The van der Waals surface area contributed by atoms with Crippen LogP contribution in [0.15, 0.2) is 79.0 Å². The fraction of sp³-hybridized carbons (Fsp3) is 0.269. The summed E-state index contributed by atoms with van der Waals surface area (Å²) in [5, 5.41) is 12.3. The zero-order chi connectivity index (χ0) is 21.2. The summed E-state index contributed by atoms with van der Waals surface area (Å²) >= 11 is 0. The highest BCUT2D eigenvalue weighted by atomic mass is 16.5. The van der Waals surface area contributed by atoms with Gasteiger partial charge in [0.25, 0.3) is 0 Å². The van der Waals surface area contributed by atoms with Crippen LogP contribution >= 0.6 is 0 Å². The van der Waals surface area contributed by atoms with Crippen molar-refractivity contribution < 1.29 is 5.21 Å². The summed E-state index contributed by atoms with van der Waals surface area (Å²) < 4.78 is 1.36. The highest BCUT2D eigenvalue weighted by Crippen LogP contribution is 2.41. The van der Waals surface area contributed by atoms with E-state index in [9.17, 15) is 5.21 Å². The summed E-state index contributed by atoms with van der Waals surface area (Å²) in [6.07, 6.45) is 1.87. The van der Waals surface area contributed by atoms with Gasteiger partial charge in [-0.2, -0.15) is 4.73 Å². The summed E-state index contributed by atoms with van der Waals surface area (Å²) in [4.78, 5) is 9.78. The highest BCUT2D eigenvalue weighted by molar-refractivity contribution is 5.92. The quantitative estimate of drug-likeness (QED) is 0.484. The predicted molar refractivity (Wildman–Crippen MR) is 124 cm³/mol. The van der Waals surface area contributed by atoms with Crippen molar-refractivity contribution in [1.29, 1.82) is 0 Å². The third-order valence-electron chi connectivity index (χ3n) is 6.40. The second kappa shape index (κ2) is 8.53. The maximum absolute atomic E-state index is 11.3. The summed E-state index contributed by atoms with van der Waals surface area (Å²) in [5.74, 6) is 0. The Morgan fingerprint density at radius 2 is 1.58 bits per heavy atom. The number of hydrogen-bond acceptors (Lipinski definition) is 4. The second-order valence-corrected chi connectivity index (χ2v) is 8.08. The Balaban J connectivity index is 1.74. The molecule has 158 valence electrons. The first kappa shape index (κ1) is 19.8. The monoisotopic (exact) mass is 412 g/mol. The van der Waals surface area contributed by atoms with Gasteiger partial charge in [-0.3, -0.25) is 9.88 Å². The van der Waals surface area contributed by atoms with E-state index in [1.165, 1.54) is 4.73 Å². The molecule has 0 spiro atoms. The average Bonchev–Trinajstić information content (AvgIpc) is 3.13. The number of likely N-dealkylation sites (N-methyl/N-ethyl adjacent to an activating group) is 1. The van der Waals surface area contributed by atoms with E-state index >= 15 is 0 Å². The highest BCUT2D eigenvalue weighted by Gasteiger charge is 2.33. The molecule has 1 aliphatic heterocycles. The SMILES string of the molecule is CCN1CCN(C(c2ccccn2)c2c(-c3ccccc3)n(O)c3ccccc23)CC1. The lowest BCUT2D eigenvalue weighted by atomic mass is 9.94. The molecule has 2 aromatic heterocycles. The second-order valence-electron chi connectivity index (χ2n) is 8.08. The first-order valence-corrected chi connectivity index (χ1v) is 11.0. The zero-order valence-corrected chi connectivity index (χ0v) is 17.9. The molecule has 1 N–H and O–H groups in total. The number of aromatic nitrogens is 2. The number of nitrogens with zero attached hydrogens (tertiary/aromatic N) is 4. The van der Waals surface area contributed by atoms with Crippen LogP contribution in [-0.2, 0) is 0 Å². The number of fused-ring (bicyclic) bond motifs is 1. The molecule has 0 bridgehead atoms. The molecule has 1 fully saturated rings. The van der Waals surface area contributed by atoms with Crippen LogP contribution in [-0.4, -0.2) is 57.4 Å². The molecule has 0 amide bonds. The molecular weight excluding hydrogens is 384 g/mol. The summed E-state index contributed by atoms with van der Waals surface area (Å²) in [6.45, 7) is 7.31. The number of para-hydroxylation sites is 1. The van der Waals surface area contributed by atoms with Crippen LogP contribution in [0, 0.1) is 0 Å². The fourth-order valence-corrected chi connectivity index (χ4v) is 4.79. The lowest BCUT2D eigenvalue weighted by Crippen LogP contribution is -2.47. The van der Waals surface area contributed by atoms with Gasteiger partial charge in [0.15, 0.2) is 0 Å². The van der Waals surface area contributed by atoms with Gasteiger partial charge in [-0.25, -0.2) is 0 Å². The molecule has 5 nitrogen and oxygen atoms in total. The Kier molecular flexibility index (Phi) is 5.45. The van der Waals surface area contributed by atoms with Crippen LogP contribution in [0.1, 0.15) is 24.2 Å². The van der Waals surface area contributed by atoms with E-state index in [0.717, 1.165) is 66.1 Å². The molecule has 4 aromatic rings. The van der Waals surface area contributed by atoms with Gasteiger partial charge in [-0.1, -0.05) is 61.5 Å². The van der Waals surface area contributed by atoms with Crippen molar-refractivity contribution in [2.24, 2.45) is 0 Å². The molecule has 5 rings (SSSR count). The van der Waals surface area contributed by atoms with Crippen LogP contribution in [0.2, 0.25) is 0 Å². The van der Waals surface area contributed by atoms with Crippen molar-refractivity contribution in [2.75, 3.05) is 32.7 Å². The summed E-state index contributed by atoms with van der Waals surface area (Å²) in [5.41, 5.74) is 4.80. The van der Waals surface area contributed by atoms with Gasteiger partial charge >= 0.3 is 0 Å². The van der Waals surface area contributed by atoms with Crippen LogP contribution < -0.4 is 0 Å². The van der Waals surface area contributed by atoms with Gasteiger partial charge < -0.3 is 10.1 Å². The fourth-order valence-electron chi connectivity index (χ4n) is 4.79. The van der Waals surface area contributed by atoms with Crippen LogP contribution in [0.25, 0.3) is 22.2 Å². The standard InChI is InChI=1S/C26H28N4O/c1-2-28-16-18-29(19-17-28)26(22-13-8-9-15-27-22)24-21-12-6-7-14-23(21)30(31)25(24)20-10-4-3-5-11-20/h3-15,26,31H,2,16-19H2,1H3. The van der Waals surface area contributed by atoms with Gasteiger partial charge in [0, 0.05) is 48.9 Å². The Morgan fingerprint density at radius 1 is 0.871 bits per heavy atom. The molecule has 1 unspecified atom stereocenters. The molecule has 0 aliphatic carbocycles. The van der Waals surface area contributed by atoms with Crippen molar-refractivity contribution >= 4 is 10.9 Å². The molecule has 5 heteroatoms. The predicted octanol–water partition coefficient (Wildman–Crippen LogP) is 4.67. The van der Waals surface area contributed by atoms with Crippen LogP contribution in [0.4, 0.5) is 0 Å². The molecule has 2 aromatic carbocycles. The Labute approximate surface area is 183 Å². The Bertz CT molecular complexity index is 1150. The van der Waals surface area contributed by atoms with Crippen molar-refractivity contribution in [2.45, 2.75) is 13.0 Å². The van der Waals surface area contributed by atoms with Gasteiger partial charge in [0.1, 0.15) is 0 Å². The average molecular weight is 413 g/mol. The third kappa shape index (κ3) is 3.60. The number of piperazine rings is 1. The molecule has 1 saturated heterocycles. The smallest absolute Gasteiger partial charge is 0.0930 e. The van der Waals surface area contributed by atoms with E-state index in [1.54, 1.807) is 0 Å². The Morgan fingerprint density at radius 3 is 2.29 bits per heavy atom. The van der Waals surface area contributed by atoms with E-state index in [0.29, 0.717) is 0 Å². The minimum absolute atomic E-state index is 0.0336. The molecule has 3 heterocycles. The molecular formula is C26H28N4O. The molecule has 0 radical (unpaired) electrons. The first-order chi connectivity index (χ1) is 15.3. The number of pyridine rings is 1. The lowest BCUT2D eigenvalue weighted by molar-refractivity contribution is 0.112. The molecule has 0 saturated carbocycles. The first-order valence-electron chi connectivity index (χ1n) is 11.0. The van der Waals surface area contributed by atoms with Crippen molar-refractivity contribution in [1.82, 2.24) is 19.5 Å². The van der Waals surface area contributed by atoms with Crippen molar-refractivity contribution in [3.8, 4) is 11.3 Å². The van der Waals surface area contributed by atoms with Gasteiger partial charge in [-0.05, 0) is 24.7 Å². The zero-order valence-electron chi connectivity index (χ0n) is 17.9. The van der Waals surface area contributed by atoms with Gasteiger partial charge in [-0.15, -0.1) is 0 Å². The lowest BCUT2D eigenvalue weighted by Gasteiger charge is -2.39. The minimum Gasteiger partial charge on any atom is -0.428 e. The van der Waals surface area contributed by atoms with Crippen molar-refractivity contribution in [3.05, 3.63) is 90.3 Å². The van der Waals surface area contributed by atoms with Crippen LogP contribution in [0.3, 0.4) is 0 Å². The van der Waals surface area contributed by atoms with Crippen molar-refractivity contribution in [3.63, 3.8) is 0 Å². The Hall–Kier alpha value is -3.15. The summed E-state index contributed by atoms with van der Waals surface area (Å²) in [6, 6.07) is 24.4. The van der Waals surface area contributed by atoms with E-state index in [1.807, 2.05) is 48.7 Å². The normalized spacial score (nSPS) is 16.5. The maximum Gasteiger partial charge on any atom is 0.0930 e. The largest absolute Gasteiger partial charge is 0.428 e. The van der Waals surface area contributed by atoms with E-state index < -0.39 is 0 Å². The number of hydrogen-bond donors (Lipinski definition) is 1. The molecule has 1 atom stereocenters. The number of benzene rings is 2. The van der Waals surface area contributed by atoms with Gasteiger partial charge in [0.05, 0.1) is 22.9 Å². The topological polar surface area (TPSA) is 44.5 Å². The molecule has 1 aliphatic rings. The minimum atomic E-state index is -0.0336. The molecule has 31 heavy (non-hydrogen) atoms. The number of rotatable bonds is 5. The van der Waals surface area contributed by atoms with Crippen LogP contribution in [0.5, 0.6) is 0 Å².